The topological polar surface area (TPSA) is 58.2 Å². The molecule has 4 nitrogen and oxygen atoms in total. The van der Waals surface area contributed by atoms with Crippen LogP contribution in [0.25, 0.3) is 10.8 Å². The van der Waals surface area contributed by atoms with Gasteiger partial charge in [-0.25, -0.2) is 0 Å². The number of amides is 2. The van der Waals surface area contributed by atoms with E-state index in [9.17, 15) is 9.59 Å². The third kappa shape index (κ3) is 11.5. The molecule has 2 saturated carbocycles. The maximum absolute atomic E-state index is 13.1. The Hall–Kier alpha value is -2.36. The van der Waals surface area contributed by atoms with Crippen LogP contribution < -0.4 is 10.6 Å². The minimum atomic E-state index is 0.0280. The lowest BCUT2D eigenvalue weighted by Gasteiger charge is -2.29. The van der Waals surface area contributed by atoms with Gasteiger partial charge in [0.05, 0.1) is 0 Å². The van der Waals surface area contributed by atoms with Crippen LogP contribution in [0.15, 0.2) is 36.4 Å². The van der Waals surface area contributed by atoms with Crippen LogP contribution in [0.3, 0.4) is 0 Å². The van der Waals surface area contributed by atoms with E-state index in [0.717, 1.165) is 48.3 Å². The smallest absolute Gasteiger partial charge is 0.251 e. The Labute approximate surface area is 268 Å². The number of rotatable bonds is 18. The average Bonchev–Trinajstić information content (AvgIpc) is 3.05. The summed E-state index contributed by atoms with van der Waals surface area (Å²) in [5.74, 6) is 1.73. The van der Waals surface area contributed by atoms with Gasteiger partial charge in [-0.2, -0.15) is 0 Å². The second-order valence-electron chi connectivity index (χ2n) is 14.3. The van der Waals surface area contributed by atoms with Crippen LogP contribution in [0.5, 0.6) is 0 Å². The normalized spacial score (nSPS) is 22.1. The monoisotopic (exact) mass is 602 g/mol. The lowest BCUT2D eigenvalue weighted by atomic mass is 9.83. The Morgan fingerprint density at radius 2 is 0.886 bits per heavy atom. The molecule has 2 fully saturated rings. The van der Waals surface area contributed by atoms with E-state index in [1.807, 2.05) is 36.4 Å². The summed E-state index contributed by atoms with van der Waals surface area (Å²) in [6.45, 7) is 4.55. The molecule has 44 heavy (non-hydrogen) atoms. The van der Waals surface area contributed by atoms with Crippen molar-refractivity contribution in [3.63, 3.8) is 0 Å². The molecule has 0 spiro atoms. The quantitative estimate of drug-likeness (QED) is 0.167. The Kier molecular flexibility index (Phi) is 15.1. The molecule has 0 bridgehead atoms. The first kappa shape index (κ1) is 34.5. The average molecular weight is 603 g/mol. The van der Waals surface area contributed by atoms with Crippen molar-refractivity contribution in [1.29, 1.82) is 0 Å². The third-order valence-corrected chi connectivity index (χ3v) is 10.7. The summed E-state index contributed by atoms with van der Waals surface area (Å²) >= 11 is 0. The van der Waals surface area contributed by atoms with Crippen molar-refractivity contribution in [2.75, 3.05) is 0 Å². The van der Waals surface area contributed by atoms with Gasteiger partial charge in [0.2, 0.25) is 0 Å². The largest absolute Gasteiger partial charge is 0.349 e. The van der Waals surface area contributed by atoms with E-state index in [1.165, 1.54) is 116 Å². The van der Waals surface area contributed by atoms with Gasteiger partial charge in [-0.1, -0.05) is 116 Å². The van der Waals surface area contributed by atoms with Crippen LogP contribution in [-0.2, 0) is 0 Å². The molecular weight excluding hydrogens is 540 g/mol. The zero-order valence-electron chi connectivity index (χ0n) is 28.1. The summed E-state index contributed by atoms with van der Waals surface area (Å²) in [4.78, 5) is 26.2. The molecule has 0 radical (unpaired) electrons. The van der Waals surface area contributed by atoms with Gasteiger partial charge in [-0.3, -0.25) is 9.59 Å². The molecule has 0 saturated heterocycles. The van der Waals surface area contributed by atoms with Gasteiger partial charge in [0.1, 0.15) is 0 Å². The Bertz CT molecular complexity index is 1040. The maximum atomic E-state index is 13.1. The zero-order valence-corrected chi connectivity index (χ0v) is 28.1. The minimum absolute atomic E-state index is 0.0280. The number of benzene rings is 2. The highest BCUT2D eigenvalue weighted by Crippen LogP contribution is 2.30. The molecule has 0 aromatic heterocycles. The summed E-state index contributed by atoms with van der Waals surface area (Å²) in [5.41, 5.74) is 1.42. The summed E-state index contributed by atoms with van der Waals surface area (Å²) in [7, 11) is 0. The van der Waals surface area contributed by atoms with Gasteiger partial charge in [0.15, 0.2) is 0 Å². The first-order chi connectivity index (χ1) is 21.6. The number of carbonyl (C=O) groups excluding carboxylic acids is 2. The highest BCUT2D eigenvalue weighted by atomic mass is 16.2. The second kappa shape index (κ2) is 19.2. The molecule has 2 amide bonds. The molecule has 2 aromatic carbocycles. The first-order valence-electron chi connectivity index (χ1n) is 18.7. The van der Waals surface area contributed by atoms with E-state index < -0.39 is 0 Å². The molecule has 0 heterocycles. The molecule has 0 atom stereocenters. The van der Waals surface area contributed by atoms with Crippen molar-refractivity contribution in [2.24, 2.45) is 11.8 Å². The van der Waals surface area contributed by atoms with Gasteiger partial charge >= 0.3 is 0 Å². The molecule has 4 rings (SSSR count). The summed E-state index contributed by atoms with van der Waals surface area (Å²) in [6, 6.07) is 12.3. The minimum Gasteiger partial charge on any atom is -0.349 e. The maximum Gasteiger partial charge on any atom is 0.251 e. The third-order valence-electron chi connectivity index (χ3n) is 10.7. The summed E-state index contributed by atoms with van der Waals surface area (Å²) in [6.07, 6.45) is 28.5. The van der Waals surface area contributed by atoms with E-state index >= 15 is 0 Å². The van der Waals surface area contributed by atoms with Gasteiger partial charge in [0, 0.05) is 23.2 Å². The number of nitrogens with one attached hydrogen (secondary N) is 2. The van der Waals surface area contributed by atoms with Crippen molar-refractivity contribution >= 4 is 22.6 Å². The van der Waals surface area contributed by atoms with E-state index in [1.54, 1.807) is 0 Å². The van der Waals surface area contributed by atoms with Crippen molar-refractivity contribution in [1.82, 2.24) is 10.6 Å². The number of carbonyl (C=O) groups is 2. The molecule has 2 N–H and O–H groups in total. The molecule has 2 aliphatic rings. The van der Waals surface area contributed by atoms with Crippen LogP contribution in [0, 0.1) is 11.8 Å². The highest BCUT2D eigenvalue weighted by Gasteiger charge is 2.24. The van der Waals surface area contributed by atoms with Crippen LogP contribution in [0.4, 0.5) is 0 Å². The number of hydrogen-bond donors (Lipinski definition) is 2. The summed E-state index contributed by atoms with van der Waals surface area (Å²) < 4.78 is 0. The fourth-order valence-corrected chi connectivity index (χ4v) is 7.68. The highest BCUT2D eigenvalue weighted by molar-refractivity contribution is 6.02. The predicted molar refractivity (Wildman–Crippen MR) is 186 cm³/mol. The van der Waals surface area contributed by atoms with Gasteiger partial charge < -0.3 is 10.6 Å². The van der Waals surface area contributed by atoms with Crippen LogP contribution >= 0.6 is 0 Å². The van der Waals surface area contributed by atoms with Crippen LogP contribution in [-0.4, -0.2) is 23.9 Å². The van der Waals surface area contributed by atoms with Crippen molar-refractivity contribution in [3.8, 4) is 0 Å². The van der Waals surface area contributed by atoms with Crippen molar-refractivity contribution in [2.45, 2.75) is 167 Å². The fraction of sp³-hybridized carbons (Fsp3) is 0.700. The standard InChI is InChI=1S/C40H62N2O2/c1-3-5-7-9-11-13-15-31-17-25-37(26-18-31)41-39(43)35-23-21-34-30-36(24-22-33(34)29-35)40(44)42-38-27-19-32(20-28-38)16-14-12-10-8-6-4-2/h21-24,29-32,37-38H,3-20,25-28H2,1-2H3,(H,41,43)(H,42,44). The van der Waals surface area contributed by atoms with E-state index in [2.05, 4.69) is 24.5 Å². The predicted octanol–water partition coefficient (Wildman–Crippen LogP) is 10.9. The van der Waals surface area contributed by atoms with Gasteiger partial charge in [-0.05, 0) is 98.2 Å². The second-order valence-corrected chi connectivity index (χ2v) is 14.3. The van der Waals surface area contributed by atoms with E-state index in [4.69, 9.17) is 0 Å². The molecule has 4 heteroatoms. The van der Waals surface area contributed by atoms with Crippen molar-refractivity contribution < 1.29 is 9.59 Å². The lowest BCUT2D eigenvalue weighted by molar-refractivity contribution is 0.0912. The van der Waals surface area contributed by atoms with Gasteiger partial charge in [0.25, 0.3) is 11.8 Å². The van der Waals surface area contributed by atoms with E-state index in [0.29, 0.717) is 11.1 Å². The number of unbranched alkanes of at least 4 members (excludes halogenated alkanes) is 10. The van der Waals surface area contributed by atoms with Crippen LogP contribution in [0.2, 0.25) is 0 Å². The van der Waals surface area contributed by atoms with E-state index in [-0.39, 0.29) is 23.9 Å². The Morgan fingerprint density at radius 1 is 0.523 bits per heavy atom. The Balaban J connectivity index is 1.16. The molecule has 0 aliphatic heterocycles. The first-order valence-corrected chi connectivity index (χ1v) is 18.7. The number of hydrogen-bond acceptors (Lipinski definition) is 2. The zero-order chi connectivity index (χ0) is 31.0. The molecule has 244 valence electrons. The molecule has 0 unspecified atom stereocenters. The SMILES string of the molecule is CCCCCCCCC1CCC(NC(=O)c2ccc3cc(C(=O)NC4CCC(CCCCCCCC)CC4)ccc3c2)CC1. The molecule has 2 aromatic rings. The lowest BCUT2D eigenvalue weighted by Crippen LogP contribution is -2.37. The van der Waals surface area contributed by atoms with Gasteiger partial charge in [-0.15, -0.1) is 0 Å². The molecule has 2 aliphatic carbocycles. The van der Waals surface area contributed by atoms with Crippen LogP contribution in [0.1, 0.15) is 176 Å². The fourth-order valence-electron chi connectivity index (χ4n) is 7.68. The van der Waals surface area contributed by atoms with Crippen molar-refractivity contribution in [3.05, 3.63) is 47.5 Å². The number of fused-ring (bicyclic) bond motifs is 1. The molecular formula is C40H62N2O2. The summed E-state index contributed by atoms with van der Waals surface area (Å²) in [5, 5.41) is 8.63. The Morgan fingerprint density at radius 3 is 1.27 bits per heavy atom.